The van der Waals surface area contributed by atoms with Gasteiger partial charge < -0.3 is 9.73 Å². The molecule has 0 aliphatic heterocycles. The topological polar surface area (TPSA) is 53.9 Å². The Kier molecular flexibility index (Phi) is 3.34. The van der Waals surface area contributed by atoms with Crippen LogP contribution in [0.5, 0.6) is 0 Å². The van der Waals surface area contributed by atoms with Crippen LogP contribution in [-0.2, 0) is 12.3 Å². The van der Waals surface area contributed by atoms with E-state index in [1.165, 1.54) is 0 Å². The van der Waals surface area contributed by atoms with Gasteiger partial charge in [-0.25, -0.2) is 0 Å². The fraction of sp³-hybridized carbons (Fsp3) is 0.300. The van der Waals surface area contributed by atoms with Crippen LogP contribution in [0.2, 0.25) is 0 Å². The zero-order valence-corrected chi connectivity index (χ0v) is 9.30. The molecule has 2 N–H and O–H groups in total. The van der Waals surface area contributed by atoms with Crippen LogP contribution in [0.1, 0.15) is 11.5 Å². The summed E-state index contributed by atoms with van der Waals surface area (Å²) in [7, 11) is 0. The number of thioether (sulfide) groups is 1. The van der Waals surface area contributed by atoms with Gasteiger partial charge in [0.2, 0.25) is 0 Å². The summed E-state index contributed by atoms with van der Waals surface area (Å²) in [5.74, 6) is 2.89. The summed E-state index contributed by atoms with van der Waals surface area (Å²) in [6.45, 7) is 0.688. The lowest BCUT2D eigenvalue weighted by Gasteiger charge is -1.99. The van der Waals surface area contributed by atoms with Gasteiger partial charge in [0.1, 0.15) is 11.5 Å². The third-order valence-electron chi connectivity index (χ3n) is 1.97. The molecular formula is C10H13N3OS. The first-order valence-corrected chi connectivity index (χ1v) is 6.07. The number of aromatic nitrogens is 2. The van der Waals surface area contributed by atoms with Crippen LogP contribution < -0.4 is 5.32 Å². The minimum absolute atomic E-state index is 0.688. The number of anilines is 1. The molecule has 80 valence electrons. The summed E-state index contributed by atoms with van der Waals surface area (Å²) in [6.07, 6.45) is 5.61. The first kappa shape index (κ1) is 10.2. The van der Waals surface area contributed by atoms with Crippen LogP contribution in [0, 0.1) is 0 Å². The molecule has 0 amide bonds. The Labute approximate surface area is 92.4 Å². The van der Waals surface area contributed by atoms with Crippen molar-refractivity contribution in [1.82, 2.24) is 10.2 Å². The van der Waals surface area contributed by atoms with Crippen molar-refractivity contribution in [2.45, 2.75) is 12.3 Å². The predicted molar refractivity (Wildman–Crippen MR) is 61.8 cm³/mol. The normalized spacial score (nSPS) is 10.5. The maximum absolute atomic E-state index is 5.61. The van der Waals surface area contributed by atoms with Gasteiger partial charge >= 0.3 is 0 Å². The highest BCUT2D eigenvalue weighted by molar-refractivity contribution is 7.97. The summed E-state index contributed by atoms with van der Waals surface area (Å²) >= 11 is 1.75. The molecular weight excluding hydrogens is 210 g/mol. The van der Waals surface area contributed by atoms with E-state index in [0.717, 1.165) is 23.0 Å². The van der Waals surface area contributed by atoms with Gasteiger partial charge in [-0.15, -0.1) is 0 Å². The second kappa shape index (κ2) is 4.93. The van der Waals surface area contributed by atoms with Crippen LogP contribution in [0.4, 0.5) is 5.69 Å². The van der Waals surface area contributed by atoms with E-state index in [9.17, 15) is 0 Å². The lowest BCUT2D eigenvalue weighted by Crippen LogP contribution is -1.96. The standard InChI is InChI=1S/C10H13N3OS/c1-15-7-10-3-2-9(14-10)6-11-8-4-12-13-5-8/h2-5,11H,6-7H2,1H3,(H,12,13). The lowest BCUT2D eigenvalue weighted by atomic mass is 10.4. The molecule has 0 saturated heterocycles. The summed E-state index contributed by atoms with van der Waals surface area (Å²) in [5, 5.41) is 9.79. The van der Waals surface area contributed by atoms with Crippen molar-refractivity contribution in [3.63, 3.8) is 0 Å². The molecule has 0 radical (unpaired) electrons. The van der Waals surface area contributed by atoms with E-state index in [1.807, 2.05) is 18.3 Å². The highest BCUT2D eigenvalue weighted by atomic mass is 32.2. The van der Waals surface area contributed by atoms with E-state index >= 15 is 0 Å². The predicted octanol–water partition coefficient (Wildman–Crippen LogP) is 2.48. The first-order chi connectivity index (χ1) is 7.38. The monoisotopic (exact) mass is 223 g/mol. The molecule has 2 aromatic heterocycles. The molecule has 15 heavy (non-hydrogen) atoms. The highest BCUT2D eigenvalue weighted by Gasteiger charge is 2.01. The van der Waals surface area contributed by atoms with Gasteiger partial charge in [-0.2, -0.15) is 16.9 Å². The van der Waals surface area contributed by atoms with Crippen LogP contribution in [0.3, 0.4) is 0 Å². The largest absolute Gasteiger partial charge is 0.463 e. The van der Waals surface area contributed by atoms with Gasteiger partial charge in [0.15, 0.2) is 0 Å². The number of hydrogen-bond acceptors (Lipinski definition) is 4. The van der Waals surface area contributed by atoms with E-state index in [-0.39, 0.29) is 0 Å². The molecule has 0 aliphatic rings. The zero-order valence-electron chi connectivity index (χ0n) is 8.49. The van der Waals surface area contributed by atoms with Crippen LogP contribution in [0.15, 0.2) is 28.9 Å². The Morgan fingerprint density at radius 1 is 1.47 bits per heavy atom. The molecule has 2 heterocycles. The van der Waals surface area contributed by atoms with Gasteiger partial charge in [-0.1, -0.05) is 0 Å². The molecule has 0 bridgehead atoms. The Bertz CT molecular complexity index is 396. The number of rotatable bonds is 5. The fourth-order valence-corrected chi connectivity index (χ4v) is 1.71. The van der Waals surface area contributed by atoms with E-state index < -0.39 is 0 Å². The van der Waals surface area contributed by atoms with Crippen molar-refractivity contribution in [2.75, 3.05) is 11.6 Å². The summed E-state index contributed by atoms with van der Waals surface area (Å²) in [4.78, 5) is 0. The molecule has 4 nitrogen and oxygen atoms in total. The molecule has 2 aromatic rings. The Morgan fingerprint density at radius 3 is 3.07 bits per heavy atom. The van der Waals surface area contributed by atoms with Crippen molar-refractivity contribution >= 4 is 17.4 Å². The number of aromatic amines is 1. The van der Waals surface area contributed by atoms with E-state index in [1.54, 1.807) is 18.0 Å². The van der Waals surface area contributed by atoms with Gasteiger partial charge in [0.05, 0.1) is 24.2 Å². The number of H-pyrrole nitrogens is 1. The molecule has 0 spiro atoms. The van der Waals surface area contributed by atoms with Gasteiger partial charge in [0, 0.05) is 6.20 Å². The minimum Gasteiger partial charge on any atom is -0.463 e. The summed E-state index contributed by atoms with van der Waals surface area (Å²) in [6, 6.07) is 4.02. The van der Waals surface area contributed by atoms with Gasteiger partial charge in [-0.3, -0.25) is 5.10 Å². The maximum Gasteiger partial charge on any atom is 0.123 e. The van der Waals surface area contributed by atoms with Crippen molar-refractivity contribution in [3.05, 3.63) is 36.0 Å². The van der Waals surface area contributed by atoms with Gasteiger partial charge in [-0.05, 0) is 18.4 Å². The molecule has 5 heteroatoms. The Hall–Kier alpha value is -1.36. The third-order valence-corrected chi connectivity index (χ3v) is 2.54. The van der Waals surface area contributed by atoms with Crippen LogP contribution >= 0.6 is 11.8 Å². The third kappa shape index (κ3) is 2.79. The van der Waals surface area contributed by atoms with Gasteiger partial charge in [0.25, 0.3) is 0 Å². The van der Waals surface area contributed by atoms with Crippen molar-refractivity contribution in [1.29, 1.82) is 0 Å². The molecule has 0 unspecified atom stereocenters. The second-order valence-electron chi connectivity index (χ2n) is 3.14. The smallest absolute Gasteiger partial charge is 0.123 e. The molecule has 0 atom stereocenters. The average Bonchev–Trinajstić information content (AvgIpc) is 2.85. The number of nitrogens with one attached hydrogen (secondary N) is 2. The van der Waals surface area contributed by atoms with Crippen LogP contribution in [-0.4, -0.2) is 16.5 Å². The minimum atomic E-state index is 0.688. The van der Waals surface area contributed by atoms with Crippen molar-refractivity contribution < 1.29 is 4.42 Å². The van der Waals surface area contributed by atoms with Crippen LogP contribution in [0.25, 0.3) is 0 Å². The SMILES string of the molecule is CSCc1ccc(CNc2cn[nH]c2)o1. The van der Waals surface area contributed by atoms with E-state index in [0.29, 0.717) is 6.54 Å². The number of nitrogens with zero attached hydrogens (tertiary/aromatic N) is 1. The molecule has 0 aromatic carbocycles. The second-order valence-corrected chi connectivity index (χ2v) is 4.01. The fourth-order valence-electron chi connectivity index (χ4n) is 1.27. The summed E-state index contributed by atoms with van der Waals surface area (Å²) < 4.78 is 5.61. The molecule has 2 rings (SSSR count). The Balaban J connectivity index is 1.88. The number of furan rings is 1. The maximum atomic E-state index is 5.61. The number of hydrogen-bond donors (Lipinski definition) is 2. The first-order valence-electron chi connectivity index (χ1n) is 4.67. The highest BCUT2D eigenvalue weighted by Crippen LogP contribution is 2.14. The quantitative estimate of drug-likeness (QED) is 0.817. The van der Waals surface area contributed by atoms with Crippen molar-refractivity contribution in [2.24, 2.45) is 0 Å². The van der Waals surface area contributed by atoms with E-state index in [2.05, 4.69) is 21.8 Å². The Morgan fingerprint density at radius 2 is 2.33 bits per heavy atom. The lowest BCUT2D eigenvalue weighted by molar-refractivity contribution is 0.487. The van der Waals surface area contributed by atoms with E-state index in [4.69, 9.17) is 4.42 Å². The average molecular weight is 223 g/mol. The molecule has 0 fully saturated rings. The summed E-state index contributed by atoms with van der Waals surface area (Å²) in [5.41, 5.74) is 0.970. The molecule has 0 aliphatic carbocycles. The molecule has 0 saturated carbocycles. The zero-order chi connectivity index (χ0) is 10.5. The van der Waals surface area contributed by atoms with Crippen molar-refractivity contribution in [3.8, 4) is 0 Å².